The van der Waals surface area contributed by atoms with Gasteiger partial charge < -0.3 is 19.2 Å². The van der Waals surface area contributed by atoms with E-state index in [1.165, 1.54) is 0 Å². The molecule has 0 unspecified atom stereocenters. The number of rotatable bonds is 4. The van der Waals surface area contributed by atoms with Gasteiger partial charge in [0.25, 0.3) is 0 Å². The number of phenols is 1. The molecule has 1 aliphatic rings. The minimum atomic E-state index is -0.494. The summed E-state index contributed by atoms with van der Waals surface area (Å²) in [6, 6.07) is 1.77. The zero-order valence-electron chi connectivity index (χ0n) is 14.8. The zero-order valence-corrected chi connectivity index (χ0v) is 15.5. The summed E-state index contributed by atoms with van der Waals surface area (Å²) < 4.78 is 10.8. The lowest BCUT2D eigenvalue weighted by molar-refractivity contribution is 0.0526. The van der Waals surface area contributed by atoms with Crippen LogP contribution in [0.15, 0.2) is 10.5 Å². The molecule has 136 valence electrons. The van der Waals surface area contributed by atoms with Crippen molar-refractivity contribution in [2.45, 2.75) is 20.4 Å². The van der Waals surface area contributed by atoms with E-state index in [2.05, 4.69) is 16.8 Å². The molecule has 3 rings (SSSR count). The third-order valence-electron chi connectivity index (χ3n) is 4.62. The maximum atomic E-state index is 12.2. The number of furan rings is 1. The molecule has 0 spiro atoms. The molecule has 1 fully saturated rings. The normalized spacial score (nSPS) is 16.5. The Labute approximate surface area is 151 Å². The number of hydrogen-bond donors (Lipinski definition) is 1. The van der Waals surface area contributed by atoms with Crippen LogP contribution in [0.25, 0.3) is 11.0 Å². The van der Waals surface area contributed by atoms with E-state index in [4.69, 9.17) is 20.8 Å². The van der Waals surface area contributed by atoms with E-state index >= 15 is 0 Å². The summed E-state index contributed by atoms with van der Waals surface area (Å²) in [5, 5.41) is 11.1. The Morgan fingerprint density at radius 1 is 1.36 bits per heavy atom. The van der Waals surface area contributed by atoms with E-state index in [9.17, 15) is 9.90 Å². The van der Waals surface area contributed by atoms with Crippen LogP contribution >= 0.6 is 11.6 Å². The number of aromatic hydroxyl groups is 1. The Hall–Kier alpha value is -1.76. The Bertz CT molecular complexity index is 794. The van der Waals surface area contributed by atoms with E-state index in [-0.39, 0.29) is 22.9 Å². The molecule has 1 N–H and O–H groups in total. The number of phenolic OH excluding ortho intramolecular Hbond substituents is 1. The summed E-state index contributed by atoms with van der Waals surface area (Å²) in [5.74, 6) is -0.0576. The average Bonchev–Trinajstić information content (AvgIpc) is 2.91. The number of carbonyl (C=O) groups excluding carboxylic acids is 1. The molecular weight excluding hydrogens is 344 g/mol. The average molecular weight is 367 g/mol. The highest BCUT2D eigenvalue weighted by Gasteiger charge is 2.26. The minimum Gasteiger partial charge on any atom is -0.506 e. The van der Waals surface area contributed by atoms with Gasteiger partial charge in [0.1, 0.15) is 22.7 Å². The van der Waals surface area contributed by atoms with Gasteiger partial charge in [0.2, 0.25) is 0 Å². The number of hydrogen-bond acceptors (Lipinski definition) is 6. The van der Waals surface area contributed by atoms with Crippen molar-refractivity contribution in [2.24, 2.45) is 0 Å². The molecule has 1 aliphatic heterocycles. The van der Waals surface area contributed by atoms with Gasteiger partial charge >= 0.3 is 5.97 Å². The number of ether oxygens (including phenoxy) is 1. The highest BCUT2D eigenvalue weighted by atomic mass is 35.5. The van der Waals surface area contributed by atoms with Gasteiger partial charge in [0, 0.05) is 38.3 Å². The maximum absolute atomic E-state index is 12.2. The number of likely N-dealkylation sites (N-methyl/N-ethyl adjacent to an activating group) is 1. The van der Waals surface area contributed by atoms with Crippen LogP contribution < -0.4 is 0 Å². The zero-order chi connectivity index (χ0) is 18.1. The molecule has 0 saturated carbocycles. The predicted molar refractivity (Wildman–Crippen MR) is 96.4 cm³/mol. The lowest BCUT2D eigenvalue weighted by Crippen LogP contribution is -2.43. The standard InChI is InChI=1S/C18H23ClN2O4/c1-4-24-18(23)14-11(2)25-13-9-12(17(22)16(19)15(13)14)10-21-7-5-20(3)6-8-21/h9,22H,4-8,10H2,1-3H3. The quantitative estimate of drug-likeness (QED) is 0.839. The van der Waals surface area contributed by atoms with Crippen LogP contribution in [-0.4, -0.2) is 60.7 Å². The summed E-state index contributed by atoms with van der Waals surface area (Å²) in [6.45, 7) is 8.11. The first-order chi connectivity index (χ1) is 11.9. The van der Waals surface area contributed by atoms with Crippen molar-refractivity contribution in [1.29, 1.82) is 0 Å². The summed E-state index contributed by atoms with van der Waals surface area (Å²) in [4.78, 5) is 16.7. The van der Waals surface area contributed by atoms with E-state index in [0.717, 1.165) is 26.2 Å². The van der Waals surface area contributed by atoms with Gasteiger partial charge in [-0.3, -0.25) is 4.90 Å². The molecule has 0 amide bonds. The Morgan fingerprint density at radius 3 is 2.68 bits per heavy atom. The SMILES string of the molecule is CCOC(=O)c1c(C)oc2cc(CN3CCN(C)CC3)c(O)c(Cl)c12. The van der Waals surface area contributed by atoms with Crippen LogP contribution in [-0.2, 0) is 11.3 Å². The summed E-state index contributed by atoms with van der Waals surface area (Å²) in [5.41, 5.74) is 1.47. The molecule has 7 heteroatoms. The fourth-order valence-corrected chi connectivity index (χ4v) is 3.50. The molecule has 0 radical (unpaired) electrons. The number of halogens is 1. The van der Waals surface area contributed by atoms with E-state index in [0.29, 0.717) is 28.8 Å². The van der Waals surface area contributed by atoms with Crippen LogP contribution in [0.2, 0.25) is 5.02 Å². The molecule has 1 aromatic carbocycles. The number of benzene rings is 1. The number of aryl methyl sites for hydroxylation is 1. The van der Waals surface area contributed by atoms with Crippen LogP contribution in [0.1, 0.15) is 28.6 Å². The molecule has 1 saturated heterocycles. The van der Waals surface area contributed by atoms with Crippen LogP contribution in [0.4, 0.5) is 0 Å². The Balaban J connectivity index is 1.97. The third kappa shape index (κ3) is 3.47. The van der Waals surface area contributed by atoms with Crippen molar-refractivity contribution in [3.8, 4) is 5.75 Å². The summed E-state index contributed by atoms with van der Waals surface area (Å²) in [7, 11) is 2.10. The Kier molecular flexibility index (Phi) is 5.22. The highest BCUT2D eigenvalue weighted by molar-refractivity contribution is 6.38. The lowest BCUT2D eigenvalue weighted by Gasteiger charge is -2.32. The van der Waals surface area contributed by atoms with Crippen molar-refractivity contribution < 1.29 is 19.1 Å². The maximum Gasteiger partial charge on any atom is 0.342 e. The molecule has 1 aromatic heterocycles. The third-order valence-corrected chi connectivity index (χ3v) is 4.99. The second-order valence-electron chi connectivity index (χ2n) is 6.40. The van der Waals surface area contributed by atoms with Crippen LogP contribution in [0.3, 0.4) is 0 Å². The molecule has 2 aromatic rings. The van der Waals surface area contributed by atoms with Crippen molar-refractivity contribution in [3.63, 3.8) is 0 Å². The van der Waals surface area contributed by atoms with Gasteiger partial charge in [-0.15, -0.1) is 0 Å². The largest absolute Gasteiger partial charge is 0.506 e. The van der Waals surface area contributed by atoms with Crippen molar-refractivity contribution in [3.05, 3.63) is 28.0 Å². The van der Waals surface area contributed by atoms with E-state index < -0.39 is 5.97 Å². The predicted octanol–water partition coefficient (Wildman–Crippen LogP) is 3.02. The number of esters is 1. The molecule has 2 heterocycles. The summed E-state index contributed by atoms with van der Waals surface area (Å²) >= 11 is 6.39. The molecule has 0 aliphatic carbocycles. The van der Waals surface area contributed by atoms with E-state index in [1.54, 1.807) is 19.9 Å². The second kappa shape index (κ2) is 7.23. The smallest absolute Gasteiger partial charge is 0.342 e. The number of fused-ring (bicyclic) bond motifs is 1. The van der Waals surface area contributed by atoms with Gasteiger partial charge in [-0.05, 0) is 27.0 Å². The fourth-order valence-electron chi connectivity index (χ4n) is 3.19. The monoisotopic (exact) mass is 366 g/mol. The lowest BCUT2D eigenvalue weighted by atomic mass is 10.1. The molecular formula is C18H23ClN2O4. The number of nitrogens with zero attached hydrogens (tertiary/aromatic N) is 2. The first kappa shape index (κ1) is 18.0. The first-order valence-electron chi connectivity index (χ1n) is 8.43. The summed E-state index contributed by atoms with van der Waals surface area (Å²) in [6.07, 6.45) is 0. The molecule has 0 atom stereocenters. The Morgan fingerprint density at radius 2 is 2.04 bits per heavy atom. The second-order valence-corrected chi connectivity index (χ2v) is 6.78. The van der Waals surface area contributed by atoms with E-state index in [1.807, 2.05) is 0 Å². The fraction of sp³-hybridized carbons (Fsp3) is 0.500. The van der Waals surface area contributed by atoms with Gasteiger partial charge in [0.15, 0.2) is 0 Å². The number of carbonyl (C=O) groups is 1. The van der Waals surface area contributed by atoms with Crippen molar-refractivity contribution in [2.75, 3.05) is 39.8 Å². The first-order valence-corrected chi connectivity index (χ1v) is 8.81. The van der Waals surface area contributed by atoms with Crippen molar-refractivity contribution >= 4 is 28.5 Å². The van der Waals surface area contributed by atoms with Crippen LogP contribution in [0.5, 0.6) is 5.75 Å². The molecule has 25 heavy (non-hydrogen) atoms. The molecule has 6 nitrogen and oxygen atoms in total. The van der Waals surface area contributed by atoms with Gasteiger partial charge in [-0.1, -0.05) is 11.6 Å². The number of piperazine rings is 1. The van der Waals surface area contributed by atoms with Gasteiger partial charge in [-0.25, -0.2) is 4.79 Å². The minimum absolute atomic E-state index is 0.000516. The van der Waals surface area contributed by atoms with Crippen molar-refractivity contribution in [1.82, 2.24) is 9.80 Å². The topological polar surface area (TPSA) is 66.2 Å². The van der Waals surface area contributed by atoms with Crippen LogP contribution in [0, 0.1) is 6.92 Å². The highest BCUT2D eigenvalue weighted by Crippen LogP contribution is 2.40. The van der Waals surface area contributed by atoms with Gasteiger partial charge in [0.05, 0.1) is 17.0 Å². The molecule has 0 bridgehead atoms. The van der Waals surface area contributed by atoms with Gasteiger partial charge in [-0.2, -0.15) is 0 Å².